The molecule has 0 aromatic heterocycles. The van der Waals surface area contributed by atoms with Gasteiger partial charge in [0.2, 0.25) is 0 Å². The number of fused-ring (bicyclic) bond motifs is 1. The Morgan fingerprint density at radius 2 is 1.50 bits per heavy atom. The Morgan fingerprint density at radius 1 is 0.833 bits per heavy atom. The molecular weight excluding hydrogens is 294 g/mol. The Morgan fingerprint density at radius 3 is 2.25 bits per heavy atom. The minimum Gasteiger partial charge on any atom is -0.333 e. The number of Topliss-reactive ketones (excluding diaryl/α,β-unsaturated/α-hetero) is 1. The van der Waals surface area contributed by atoms with Gasteiger partial charge in [0.05, 0.1) is 11.7 Å². The number of carbonyl (C=O) groups excluding carboxylic acids is 1. The number of hydrogen-bond acceptors (Lipinski definition) is 2. The summed E-state index contributed by atoms with van der Waals surface area (Å²) >= 11 is 0. The molecule has 1 heterocycles. The quantitative estimate of drug-likeness (QED) is 0.626. The maximum Gasteiger partial charge on any atom is 0.167 e. The predicted octanol–water partition coefficient (Wildman–Crippen LogP) is 5.46. The molecule has 1 unspecified atom stereocenters. The molecule has 3 aromatic rings. The second-order valence-electron chi connectivity index (χ2n) is 6.28. The second kappa shape index (κ2) is 5.97. The van der Waals surface area contributed by atoms with E-state index in [1.807, 2.05) is 42.5 Å². The smallest absolute Gasteiger partial charge is 0.167 e. The first-order valence-corrected chi connectivity index (χ1v) is 8.27. The molecule has 0 saturated heterocycles. The minimum absolute atomic E-state index is 0.0244. The highest BCUT2D eigenvalue weighted by atomic mass is 16.1. The molecule has 0 spiro atoms. The van der Waals surface area contributed by atoms with Gasteiger partial charge in [-0.05, 0) is 36.8 Å². The van der Waals surface area contributed by atoms with E-state index in [0.717, 1.165) is 16.9 Å². The lowest BCUT2D eigenvalue weighted by atomic mass is 9.89. The summed E-state index contributed by atoms with van der Waals surface area (Å²) in [4.78, 5) is 15.0. The molecule has 0 amide bonds. The van der Waals surface area contributed by atoms with Crippen LogP contribution in [0.2, 0.25) is 0 Å². The lowest BCUT2D eigenvalue weighted by Gasteiger charge is -2.38. The van der Waals surface area contributed by atoms with Crippen molar-refractivity contribution in [3.05, 3.63) is 95.6 Å². The molecule has 1 aliphatic rings. The molecule has 2 nitrogen and oxygen atoms in total. The molecule has 0 fully saturated rings. The van der Waals surface area contributed by atoms with Crippen LogP contribution in [0.5, 0.6) is 0 Å². The van der Waals surface area contributed by atoms with Crippen molar-refractivity contribution in [2.75, 3.05) is 4.90 Å². The monoisotopic (exact) mass is 313 g/mol. The molecule has 4 rings (SSSR count). The number of ketones is 1. The summed E-state index contributed by atoms with van der Waals surface area (Å²) in [6.07, 6.45) is 0.495. The first kappa shape index (κ1) is 14.7. The van der Waals surface area contributed by atoms with Crippen LogP contribution in [0, 0.1) is 6.92 Å². The molecule has 118 valence electrons. The Balaban J connectivity index is 1.90. The molecule has 3 aromatic carbocycles. The van der Waals surface area contributed by atoms with Crippen LogP contribution >= 0.6 is 0 Å². The van der Waals surface area contributed by atoms with E-state index >= 15 is 0 Å². The summed E-state index contributed by atoms with van der Waals surface area (Å²) in [6.45, 7) is 2.09. The second-order valence-corrected chi connectivity index (χ2v) is 6.28. The zero-order valence-corrected chi connectivity index (χ0v) is 13.6. The first-order valence-electron chi connectivity index (χ1n) is 8.27. The number of hydrogen-bond donors (Lipinski definition) is 0. The molecule has 0 bridgehead atoms. The number of aryl methyl sites for hydroxylation is 1. The van der Waals surface area contributed by atoms with Gasteiger partial charge in [-0.25, -0.2) is 0 Å². The van der Waals surface area contributed by atoms with Gasteiger partial charge in [0, 0.05) is 17.7 Å². The summed E-state index contributed by atoms with van der Waals surface area (Å²) in [6, 6.07) is 26.7. The van der Waals surface area contributed by atoms with Gasteiger partial charge in [0.15, 0.2) is 5.78 Å². The highest BCUT2D eigenvalue weighted by Crippen LogP contribution is 2.43. The van der Waals surface area contributed by atoms with E-state index in [9.17, 15) is 4.79 Å². The maximum atomic E-state index is 12.7. The lowest BCUT2D eigenvalue weighted by Crippen LogP contribution is -2.32. The van der Waals surface area contributed by atoms with Crippen molar-refractivity contribution in [1.29, 1.82) is 0 Å². The molecular formula is C22H19NO. The lowest BCUT2D eigenvalue weighted by molar-refractivity contribution is 0.0968. The normalized spacial score (nSPS) is 16.8. The number of anilines is 2. The van der Waals surface area contributed by atoms with Crippen molar-refractivity contribution in [1.82, 2.24) is 0 Å². The van der Waals surface area contributed by atoms with Gasteiger partial charge in [-0.1, -0.05) is 60.2 Å². The van der Waals surface area contributed by atoms with Gasteiger partial charge in [-0.3, -0.25) is 4.79 Å². The van der Waals surface area contributed by atoms with Crippen molar-refractivity contribution in [2.24, 2.45) is 0 Å². The fraction of sp³-hybridized carbons (Fsp3) is 0.136. The van der Waals surface area contributed by atoms with Gasteiger partial charge in [0.1, 0.15) is 0 Å². The van der Waals surface area contributed by atoms with Crippen molar-refractivity contribution < 1.29 is 4.79 Å². The van der Waals surface area contributed by atoms with Crippen LogP contribution in [0.3, 0.4) is 0 Å². The summed E-state index contributed by atoms with van der Waals surface area (Å²) < 4.78 is 0. The third-order valence-corrected chi connectivity index (χ3v) is 4.65. The van der Waals surface area contributed by atoms with E-state index in [1.165, 1.54) is 11.1 Å². The zero-order valence-electron chi connectivity index (χ0n) is 13.6. The molecule has 1 atom stereocenters. The average molecular weight is 313 g/mol. The third-order valence-electron chi connectivity index (χ3n) is 4.65. The molecule has 0 saturated carbocycles. The SMILES string of the molecule is Cc1ccc(N2c3ccccc3C(=O)CC2c2ccccc2)cc1. The number of carbonyl (C=O) groups is 1. The van der Waals surface area contributed by atoms with Crippen LogP contribution in [0.1, 0.15) is 33.9 Å². The minimum atomic E-state index is 0.0244. The molecule has 2 heteroatoms. The number of para-hydroxylation sites is 1. The Labute approximate surface area is 142 Å². The van der Waals surface area contributed by atoms with Gasteiger partial charge in [0.25, 0.3) is 0 Å². The van der Waals surface area contributed by atoms with Crippen molar-refractivity contribution >= 4 is 17.2 Å². The Kier molecular flexibility index (Phi) is 3.66. The van der Waals surface area contributed by atoms with E-state index < -0.39 is 0 Å². The predicted molar refractivity (Wildman–Crippen MR) is 97.9 cm³/mol. The van der Waals surface area contributed by atoms with E-state index in [1.54, 1.807) is 0 Å². The standard InChI is InChI=1S/C22H19NO/c1-16-11-13-18(14-12-16)23-20-10-6-5-9-19(20)22(24)15-21(23)17-7-3-2-4-8-17/h2-14,21H,15H2,1H3. The van der Waals surface area contributed by atoms with E-state index in [4.69, 9.17) is 0 Å². The summed E-state index contributed by atoms with van der Waals surface area (Å²) in [5.74, 6) is 0.211. The van der Waals surface area contributed by atoms with Crippen LogP contribution in [-0.2, 0) is 0 Å². The summed E-state index contributed by atoms with van der Waals surface area (Å²) in [5, 5.41) is 0. The first-order chi connectivity index (χ1) is 11.7. The molecule has 0 N–H and O–H groups in total. The largest absolute Gasteiger partial charge is 0.333 e. The van der Waals surface area contributed by atoms with Crippen molar-refractivity contribution in [2.45, 2.75) is 19.4 Å². The fourth-order valence-corrected chi connectivity index (χ4v) is 3.43. The van der Waals surface area contributed by atoms with Crippen LogP contribution < -0.4 is 4.90 Å². The van der Waals surface area contributed by atoms with E-state index in [-0.39, 0.29) is 11.8 Å². The molecule has 24 heavy (non-hydrogen) atoms. The molecule has 0 radical (unpaired) electrons. The van der Waals surface area contributed by atoms with Crippen molar-refractivity contribution in [3.8, 4) is 0 Å². The van der Waals surface area contributed by atoms with Gasteiger partial charge in [-0.2, -0.15) is 0 Å². The number of rotatable bonds is 2. The van der Waals surface area contributed by atoms with Gasteiger partial charge >= 0.3 is 0 Å². The third kappa shape index (κ3) is 2.50. The highest BCUT2D eigenvalue weighted by Gasteiger charge is 2.32. The average Bonchev–Trinajstić information content (AvgIpc) is 2.63. The van der Waals surface area contributed by atoms with E-state index in [0.29, 0.717) is 6.42 Å². The Hall–Kier alpha value is -2.87. The Bertz CT molecular complexity index is 868. The molecule has 0 aliphatic carbocycles. The number of nitrogens with zero attached hydrogens (tertiary/aromatic N) is 1. The van der Waals surface area contributed by atoms with Gasteiger partial charge in [-0.15, -0.1) is 0 Å². The van der Waals surface area contributed by atoms with Gasteiger partial charge < -0.3 is 4.90 Å². The maximum absolute atomic E-state index is 12.7. The van der Waals surface area contributed by atoms with Crippen LogP contribution in [0.15, 0.2) is 78.9 Å². The van der Waals surface area contributed by atoms with E-state index in [2.05, 4.69) is 48.2 Å². The summed E-state index contributed by atoms with van der Waals surface area (Å²) in [5.41, 5.74) is 5.32. The van der Waals surface area contributed by atoms with Crippen LogP contribution in [-0.4, -0.2) is 5.78 Å². The highest BCUT2D eigenvalue weighted by molar-refractivity contribution is 6.05. The van der Waals surface area contributed by atoms with Crippen molar-refractivity contribution in [3.63, 3.8) is 0 Å². The molecule has 1 aliphatic heterocycles. The van der Waals surface area contributed by atoms with Crippen LogP contribution in [0.25, 0.3) is 0 Å². The summed E-state index contributed by atoms with van der Waals surface area (Å²) in [7, 11) is 0. The topological polar surface area (TPSA) is 20.3 Å². The number of benzene rings is 3. The van der Waals surface area contributed by atoms with Crippen LogP contribution in [0.4, 0.5) is 11.4 Å². The fourth-order valence-electron chi connectivity index (χ4n) is 3.43. The zero-order chi connectivity index (χ0) is 16.5.